The molecule has 1 saturated carbocycles. The maximum Gasteiger partial charge on any atom is 0.310 e. The predicted octanol–water partition coefficient (Wildman–Crippen LogP) is 5.05. The zero-order valence-corrected chi connectivity index (χ0v) is 14.2. The second-order valence-electron chi connectivity index (χ2n) is 6.15. The van der Waals surface area contributed by atoms with Crippen molar-refractivity contribution in [3.8, 4) is 0 Å². The Morgan fingerprint density at radius 3 is 2.48 bits per heavy atom. The summed E-state index contributed by atoms with van der Waals surface area (Å²) in [6.45, 7) is 4.43. The Labute approximate surface area is 142 Å². The minimum absolute atomic E-state index is 0.0486. The van der Waals surface area contributed by atoms with Gasteiger partial charge in [0.2, 0.25) is 0 Å². The van der Waals surface area contributed by atoms with E-state index < -0.39 is 41.4 Å². The molecule has 0 bridgehead atoms. The average molecular weight is 367 g/mol. The van der Waals surface area contributed by atoms with E-state index in [9.17, 15) is 18.0 Å². The molecule has 1 aromatic carbocycles. The minimum Gasteiger partial charge on any atom is -0.460 e. The summed E-state index contributed by atoms with van der Waals surface area (Å²) in [6, 6.07) is 0.462. The molecule has 2 rings (SSSR count). The summed E-state index contributed by atoms with van der Waals surface area (Å²) in [5.41, 5.74) is -0.795. The van der Waals surface area contributed by atoms with Crippen LogP contribution in [0.3, 0.4) is 0 Å². The van der Waals surface area contributed by atoms with Gasteiger partial charge in [-0.3, -0.25) is 4.79 Å². The number of rotatable bonds is 4. The van der Waals surface area contributed by atoms with E-state index in [1.807, 2.05) is 13.8 Å². The molecule has 126 valence electrons. The van der Waals surface area contributed by atoms with Crippen LogP contribution in [0.1, 0.15) is 25.0 Å². The molecule has 2 atom stereocenters. The Hall–Kier alpha value is -1.20. The van der Waals surface area contributed by atoms with E-state index in [-0.39, 0.29) is 21.5 Å². The van der Waals surface area contributed by atoms with Crippen LogP contribution in [0.4, 0.5) is 13.2 Å². The molecule has 1 aliphatic carbocycles. The van der Waals surface area contributed by atoms with E-state index in [1.165, 1.54) is 6.92 Å². The number of carbonyl (C=O) groups is 1. The van der Waals surface area contributed by atoms with Gasteiger partial charge in [-0.1, -0.05) is 37.0 Å². The van der Waals surface area contributed by atoms with Crippen LogP contribution < -0.4 is 0 Å². The molecule has 0 heterocycles. The summed E-state index contributed by atoms with van der Waals surface area (Å²) >= 11 is 11.2. The molecule has 1 fully saturated rings. The standard InChI is InChI=1S/C16H15Cl2F3O2/c1-7-8(14(21)11(20)5-10(7)19)6-23-15(22)13-9(4-12(17)18)16(13,2)3/h4-5,9,13H,6H2,1-3H3/t9-,13+/m1/s1. The fourth-order valence-electron chi connectivity index (χ4n) is 2.72. The highest BCUT2D eigenvalue weighted by Crippen LogP contribution is 2.60. The molecule has 23 heavy (non-hydrogen) atoms. The fourth-order valence-corrected chi connectivity index (χ4v) is 2.99. The van der Waals surface area contributed by atoms with Crippen LogP contribution in [0, 0.1) is 41.6 Å². The molecule has 0 saturated heterocycles. The Morgan fingerprint density at radius 1 is 1.30 bits per heavy atom. The molecule has 2 nitrogen and oxygen atoms in total. The monoisotopic (exact) mass is 366 g/mol. The quantitative estimate of drug-likeness (QED) is 0.550. The van der Waals surface area contributed by atoms with Crippen molar-refractivity contribution >= 4 is 29.2 Å². The molecule has 0 N–H and O–H groups in total. The molecule has 0 aromatic heterocycles. The third kappa shape index (κ3) is 3.50. The molecule has 0 radical (unpaired) electrons. The topological polar surface area (TPSA) is 26.3 Å². The van der Waals surface area contributed by atoms with Gasteiger partial charge in [-0.2, -0.15) is 0 Å². The first-order chi connectivity index (χ1) is 10.6. The maximum absolute atomic E-state index is 13.7. The van der Waals surface area contributed by atoms with Crippen molar-refractivity contribution in [1.29, 1.82) is 0 Å². The highest BCUT2D eigenvalue weighted by molar-refractivity contribution is 6.55. The lowest BCUT2D eigenvalue weighted by Crippen LogP contribution is -2.13. The molecule has 1 aliphatic rings. The highest BCUT2D eigenvalue weighted by Gasteiger charge is 2.61. The first-order valence-electron chi connectivity index (χ1n) is 6.89. The summed E-state index contributed by atoms with van der Waals surface area (Å²) in [4.78, 5) is 12.1. The van der Waals surface area contributed by atoms with Crippen molar-refractivity contribution in [2.75, 3.05) is 0 Å². The van der Waals surface area contributed by atoms with E-state index in [1.54, 1.807) is 6.08 Å². The lowest BCUT2D eigenvalue weighted by Gasteiger charge is -2.10. The van der Waals surface area contributed by atoms with Crippen molar-refractivity contribution in [3.63, 3.8) is 0 Å². The van der Waals surface area contributed by atoms with Crippen molar-refractivity contribution < 1.29 is 22.7 Å². The number of esters is 1. The van der Waals surface area contributed by atoms with Gasteiger partial charge < -0.3 is 4.74 Å². The Bertz CT molecular complexity index is 656. The summed E-state index contributed by atoms with van der Waals surface area (Å²) in [5.74, 6) is -4.70. The van der Waals surface area contributed by atoms with Crippen LogP contribution in [-0.4, -0.2) is 5.97 Å². The molecular weight excluding hydrogens is 352 g/mol. The second kappa shape index (κ2) is 6.36. The van der Waals surface area contributed by atoms with Crippen LogP contribution in [-0.2, 0) is 16.1 Å². The van der Waals surface area contributed by atoms with Gasteiger partial charge in [-0.05, 0) is 29.9 Å². The lowest BCUT2D eigenvalue weighted by molar-refractivity contribution is -0.147. The summed E-state index contributed by atoms with van der Waals surface area (Å²) in [5, 5.41) is 0. The highest BCUT2D eigenvalue weighted by atomic mass is 35.5. The summed E-state index contributed by atoms with van der Waals surface area (Å²) in [7, 11) is 0. The van der Waals surface area contributed by atoms with Gasteiger partial charge in [0.25, 0.3) is 0 Å². The third-order valence-electron chi connectivity index (χ3n) is 4.37. The Morgan fingerprint density at radius 2 is 1.91 bits per heavy atom. The normalized spacial score (nSPS) is 21.7. The van der Waals surface area contributed by atoms with Crippen molar-refractivity contribution in [2.45, 2.75) is 27.4 Å². The first kappa shape index (κ1) is 18.1. The van der Waals surface area contributed by atoms with Gasteiger partial charge in [0, 0.05) is 11.6 Å². The zero-order valence-electron chi connectivity index (χ0n) is 12.7. The van der Waals surface area contributed by atoms with Gasteiger partial charge in [-0.15, -0.1) is 0 Å². The number of halogens is 5. The molecule has 1 aromatic rings. The zero-order chi connectivity index (χ0) is 17.5. The van der Waals surface area contributed by atoms with Crippen molar-refractivity contribution in [3.05, 3.63) is 45.2 Å². The molecule has 0 spiro atoms. The summed E-state index contributed by atoms with van der Waals surface area (Å²) in [6.07, 6.45) is 1.54. The Balaban J connectivity index is 2.11. The largest absolute Gasteiger partial charge is 0.460 e. The van der Waals surface area contributed by atoms with Crippen LogP contribution in [0.15, 0.2) is 16.6 Å². The van der Waals surface area contributed by atoms with Gasteiger partial charge in [0.05, 0.1) is 5.92 Å². The number of hydrogen-bond acceptors (Lipinski definition) is 2. The SMILES string of the molecule is Cc1c(F)cc(F)c(F)c1COC(=O)[C@@H]1[C@@H](C=C(Cl)Cl)C1(C)C. The molecule has 7 heteroatoms. The second-order valence-corrected chi connectivity index (χ2v) is 7.15. The molecule has 0 amide bonds. The number of hydrogen-bond donors (Lipinski definition) is 0. The third-order valence-corrected chi connectivity index (χ3v) is 4.62. The Kier molecular flexibility index (Phi) is 5.02. The maximum atomic E-state index is 13.7. The number of ether oxygens (including phenoxy) is 1. The van der Waals surface area contributed by atoms with E-state index in [4.69, 9.17) is 27.9 Å². The van der Waals surface area contributed by atoms with Gasteiger partial charge in [0.1, 0.15) is 16.9 Å². The number of allylic oxidation sites excluding steroid dienone is 1. The van der Waals surface area contributed by atoms with Gasteiger partial charge >= 0.3 is 5.97 Å². The van der Waals surface area contributed by atoms with E-state index >= 15 is 0 Å². The van der Waals surface area contributed by atoms with E-state index in [0.717, 1.165) is 0 Å². The minimum atomic E-state index is -1.32. The smallest absolute Gasteiger partial charge is 0.310 e. The first-order valence-corrected chi connectivity index (χ1v) is 7.65. The van der Waals surface area contributed by atoms with Crippen molar-refractivity contribution in [2.24, 2.45) is 17.3 Å². The van der Waals surface area contributed by atoms with Crippen LogP contribution in [0.2, 0.25) is 0 Å². The average Bonchev–Trinajstić information content (AvgIpc) is 2.96. The van der Waals surface area contributed by atoms with Gasteiger partial charge in [-0.25, -0.2) is 13.2 Å². The van der Waals surface area contributed by atoms with Crippen LogP contribution in [0.5, 0.6) is 0 Å². The lowest BCUT2D eigenvalue weighted by atomic mass is 10.1. The molecular formula is C16H15Cl2F3O2. The van der Waals surface area contributed by atoms with Crippen LogP contribution in [0.25, 0.3) is 0 Å². The summed E-state index contributed by atoms with van der Waals surface area (Å²) < 4.78 is 45.5. The molecule has 0 unspecified atom stereocenters. The number of carbonyl (C=O) groups excluding carboxylic acids is 1. The van der Waals surface area contributed by atoms with E-state index in [0.29, 0.717) is 6.07 Å². The van der Waals surface area contributed by atoms with Crippen LogP contribution >= 0.6 is 23.2 Å². The molecule has 0 aliphatic heterocycles. The number of benzene rings is 1. The predicted molar refractivity (Wildman–Crippen MR) is 81.4 cm³/mol. The van der Waals surface area contributed by atoms with Gasteiger partial charge in [0.15, 0.2) is 11.6 Å². The van der Waals surface area contributed by atoms with Crippen molar-refractivity contribution in [1.82, 2.24) is 0 Å². The van der Waals surface area contributed by atoms with E-state index in [2.05, 4.69) is 0 Å². The fraction of sp³-hybridized carbons (Fsp3) is 0.438.